The molecule has 1 aliphatic carbocycles. The van der Waals surface area contributed by atoms with Crippen LogP contribution >= 0.6 is 23.2 Å². The van der Waals surface area contributed by atoms with Crippen molar-refractivity contribution in [3.05, 3.63) is 75.5 Å². The Bertz CT molecular complexity index is 1280. The molecule has 2 atom stereocenters. The number of hydrogen-bond donors (Lipinski definition) is 3. The van der Waals surface area contributed by atoms with Gasteiger partial charge < -0.3 is 21.1 Å². The molecule has 3 aromatic rings. The molecule has 4 N–H and O–H groups in total. The smallest absolute Gasteiger partial charge is 0.323 e. The molecule has 39 heavy (non-hydrogen) atoms. The van der Waals surface area contributed by atoms with E-state index in [0.717, 1.165) is 73.1 Å². The van der Waals surface area contributed by atoms with E-state index < -0.39 is 0 Å². The van der Waals surface area contributed by atoms with Gasteiger partial charge in [0.05, 0.1) is 17.6 Å². The first-order chi connectivity index (χ1) is 19.0. The molecule has 1 aromatic heterocycles. The Morgan fingerprint density at radius 1 is 1.08 bits per heavy atom. The summed E-state index contributed by atoms with van der Waals surface area (Å²) in [5.74, 6) is 0.302. The molecule has 0 amide bonds. The number of piperidine rings is 1. The van der Waals surface area contributed by atoms with Crippen LogP contribution in [0.15, 0.2) is 48.7 Å². The van der Waals surface area contributed by atoms with Crippen LogP contribution in [0.4, 0.5) is 5.82 Å². The van der Waals surface area contributed by atoms with Gasteiger partial charge in [-0.3, -0.25) is 4.79 Å². The normalized spacial score (nSPS) is 19.7. The summed E-state index contributed by atoms with van der Waals surface area (Å²) in [5.41, 5.74) is 10.6. The summed E-state index contributed by atoms with van der Waals surface area (Å²) in [4.78, 5) is 21.9. The Morgan fingerprint density at radius 3 is 2.64 bits per heavy atom. The summed E-state index contributed by atoms with van der Waals surface area (Å²) in [5, 5.41) is 8.24. The number of nitrogen functional groups attached to an aromatic ring is 1. The zero-order chi connectivity index (χ0) is 27.2. The fraction of sp³-hybridized carbons (Fsp3) is 0.433. The number of carbonyl (C=O) groups is 1. The predicted molar refractivity (Wildman–Crippen MR) is 156 cm³/mol. The van der Waals surface area contributed by atoms with E-state index in [1.807, 2.05) is 30.3 Å². The van der Waals surface area contributed by atoms with Crippen molar-refractivity contribution in [1.29, 1.82) is 0 Å². The fourth-order valence-electron chi connectivity index (χ4n) is 5.41. The van der Waals surface area contributed by atoms with Gasteiger partial charge >= 0.3 is 5.97 Å². The standard InChI is InChI=1S/C30H35Cl2N5O2/c31-24-9-4-10-25(32)23(24)11-12-26-29(33)36-18-28(37-26)20-6-3-5-19(15-20)17-35-21-13-14-34-27(16-21)30(38)39-22-7-1-2-8-22/h3-6,9-10,15,18,21-22,27,34-35H,1-2,7-8,11-14,16-17H2,(H2,33,36)/t21?,27-/m0/s1. The van der Waals surface area contributed by atoms with Crippen molar-refractivity contribution in [2.45, 2.75) is 76.1 Å². The number of halogens is 2. The van der Waals surface area contributed by atoms with E-state index in [9.17, 15) is 4.79 Å². The summed E-state index contributed by atoms with van der Waals surface area (Å²) in [6.45, 7) is 1.49. The third kappa shape index (κ3) is 7.28. The van der Waals surface area contributed by atoms with E-state index in [1.54, 1.807) is 6.20 Å². The van der Waals surface area contributed by atoms with Crippen LogP contribution in [-0.4, -0.2) is 40.7 Å². The van der Waals surface area contributed by atoms with Gasteiger partial charge in [-0.15, -0.1) is 0 Å². The summed E-state index contributed by atoms with van der Waals surface area (Å²) >= 11 is 12.7. The highest BCUT2D eigenvalue weighted by atomic mass is 35.5. The number of aryl methyl sites for hydroxylation is 1. The highest BCUT2D eigenvalue weighted by molar-refractivity contribution is 6.36. The maximum atomic E-state index is 12.6. The Labute approximate surface area is 239 Å². The number of benzene rings is 2. The third-order valence-electron chi connectivity index (χ3n) is 7.64. The van der Waals surface area contributed by atoms with Crippen LogP contribution in [0.5, 0.6) is 0 Å². The molecule has 1 unspecified atom stereocenters. The molecule has 2 aliphatic rings. The lowest BCUT2D eigenvalue weighted by Gasteiger charge is -2.30. The molecule has 206 valence electrons. The number of ether oxygens (including phenoxy) is 1. The monoisotopic (exact) mass is 567 g/mol. The molecule has 2 aromatic carbocycles. The molecular weight excluding hydrogens is 533 g/mol. The van der Waals surface area contributed by atoms with Gasteiger partial charge in [0, 0.05) is 28.2 Å². The Kier molecular flexibility index (Phi) is 9.35. The summed E-state index contributed by atoms with van der Waals surface area (Å²) in [6, 6.07) is 13.8. The van der Waals surface area contributed by atoms with Gasteiger partial charge in [-0.2, -0.15) is 0 Å². The summed E-state index contributed by atoms with van der Waals surface area (Å²) < 4.78 is 5.73. The fourth-order valence-corrected chi connectivity index (χ4v) is 6.00. The minimum absolute atomic E-state index is 0.0984. The molecular formula is C30H35Cl2N5O2. The first kappa shape index (κ1) is 27.8. The molecule has 0 radical (unpaired) electrons. The zero-order valence-corrected chi connectivity index (χ0v) is 23.5. The van der Waals surface area contributed by atoms with E-state index >= 15 is 0 Å². The second-order valence-electron chi connectivity index (χ2n) is 10.4. The van der Waals surface area contributed by atoms with Crippen LogP contribution in [0.3, 0.4) is 0 Å². The SMILES string of the molecule is Nc1ncc(-c2cccc(CNC3CCN[C@H](C(=O)OC4CCCC4)C3)c2)nc1CCc1c(Cl)cccc1Cl. The van der Waals surface area contributed by atoms with Crippen LogP contribution in [0.25, 0.3) is 11.3 Å². The quantitative estimate of drug-likeness (QED) is 0.293. The van der Waals surface area contributed by atoms with Crippen molar-refractivity contribution in [2.75, 3.05) is 12.3 Å². The van der Waals surface area contributed by atoms with Gasteiger partial charge in [-0.1, -0.05) is 47.5 Å². The van der Waals surface area contributed by atoms with Crippen LogP contribution in [0.1, 0.15) is 55.3 Å². The summed E-state index contributed by atoms with van der Waals surface area (Å²) in [6.07, 6.45) is 9.00. The van der Waals surface area contributed by atoms with Crippen molar-refractivity contribution in [2.24, 2.45) is 0 Å². The number of hydrogen-bond acceptors (Lipinski definition) is 7. The van der Waals surface area contributed by atoms with Crippen molar-refractivity contribution in [3.8, 4) is 11.3 Å². The number of nitrogens with two attached hydrogens (primary N) is 1. The predicted octanol–water partition coefficient (Wildman–Crippen LogP) is 5.51. The van der Waals surface area contributed by atoms with E-state index in [0.29, 0.717) is 35.2 Å². The number of nitrogens with zero attached hydrogens (tertiary/aromatic N) is 2. The number of esters is 1. The minimum Gasteiger partial charge on any atom is -0.461 e. The van der Waals surface area contributed by atoms with Gasteiger partial charge in [-0.05, 0) is 87.2 Å². The summed E-state index contributed by atoms with van der Waals surface area (Å²) in [7, 11) is 0. The molecule has 0 bridgehead atoms. The van der Waals surface area contributed by atoms with Crippen molar-refractivity contribution >= 4 is 35.0 Å². The third-order valence-corrected chi connectivity index (χ3v) is 8.35. The highest BCUT2D eigenvalue weighted by Gasteiger charge is 2.30. The molecule has 2 heterocycles. The number of carbonyl (C=O) groups excluding carboxylic acids is 1. The first-order valence-electron chi connectivity index (χ1n) is 13.8. The Balaban J connectivity index is 1.19. The molecule has 2 fully saturated rings. The van der Waals surface area contributed by atoms with Crippen molar-refractivity contribution < 1.29 is 9.53 Å². The van der Waals surface area contributed by atoms with Crippen LogP contribution < -0.4 is 16.4 Å². The Hall–Kier alpha value is -2.71. The molecule has 1 saturated carbocycles. The molecule has 1 saturated heterocycles. The van der Waals surface area contributed by atoms with Crippen LogP contribution in [-0.2, 0) is 28.9 Å². The molecule has 0 spiro atoms. The van der Waals surface area contributed by atoms with Gasteiger partial charge in [0.1, 0.15) is 18.0 Å². The van der Waals surface area contributed by atoms with E-state index in [1.165, 1.54) is 0 Å². The molecule has 1 aliphatic heterocycles. The van der Waals surface area contributed by atoms with E-state index in [-0.39, 0.29) is 24.2 Å². The zero-order valence-electron chi connectivity index (χ0n) is 22.0. The van der Waals surface area contributed by atoms with Crippen molar-refractivity contribution in [1.82, 2.24) is 20.6 Å². The van der Waals surface area contributed by atoms with Crippen LogP contribution in [0, 0.1) is 0 Å². The van der Waals surface area contributed by atoms with E-state index in [4.69, 9.17) is 38.7 Å². The highest BCUT2D eigenvalue weighted by Crippen LogP contribution is 2.27. The average molecular weight is 569 g/mol. The molecule has 9 heteroatoms. The lowest BCUT2D eigenvalue weighted by atomic mass is 9.99. The van der Waals surface area contributed by atoms with Gasteiger partial charge in [0.25, 0.3) is 0 Å². The molecule has 7 nitrogen and oxygen atoms in total. The lowest BCUT2D eigenvalue weighted by molar-refractivity contribution is -0.152. The van der Waals surface area contributed by atoms with Crippen LogP contribution in [0.2, 0.25) is 10.0 Å². The van der Waals surface area contributed by atoms with Crippen molar-refractivity contribution in [3.63, 3.8) is 0 Å². The Morgan fingerprint density at radius 2 is 1.85 bits per heavy atom. The topological polar surface area (TPSA) is 102 Å². The van der Waals surface area contributed by atoms with Gasteiger partial charge in [-0.25, -0.2) is 9.97 Å². The second kappa shape index (κ2) is 13.1. The largest absolute Gasteiger partial charge is 0.461 e. The number of rotatable bonds is 9. The van der Waals surface area contributed by atoms with Gasteiger partial charge in [0.15, 0.2) is 0 Å². The first-order valence-corrected chi connectivity index (χ1v) is 14.5. The second-order valence-corrected chi connectivity index (χ2v) is 11.3. The minimum atomic E-state index is -0.243. The number of anilines is 1. The molecule has 5 rings (SSSR count). The lowest BCUT2D eigenvalue weighted by Crippen LogP contribution is -2.50. The van der Waals surface area contributed by atoms with Gasteiger partial charge in [0.2, 0.25) is 0 Å². The van der Waals surface area contributed by atoms with E-state index in [2.05, 4.69) is 27.8 Å². The maximum absolute atomic E-state index is 12.6. The number of aromatic nitrogens is 2. The number of nitrogens with one attached hydrogen (secondary N) is 2. The maximum Gasteiger partial charge on any atom is 0.323 e. The average Bonchev–Trinajstić information content (AvgIpc) is 3.46.